The average molecular weight is 133 g/mol. The van der Waals surface area contributed by atoms with Gasteiger partial charge in [0.1, 0.15) is 5.60 Å². The highest BCUT2D eigenvalue weighted by molar-refractivity contribution is 6.18. The van der Waals surface area contributed by atoms with Gasteiger partial charge in [-0.15, -0.1) is 17.5 Å². The molecular formula is C6H9ClO. The lowest BCUT2D eigenvalue weighted by atomic mass is 10.1. The smallest absolute Gasteiger partial charge is 0.136 e. The molecule has 2 heteroatoms. The van der Waals surface area contributed by atoms with Gasteiger partial charge in [0.2, 0.25) is 0 Å². The third kappa shape index (κ3) is 2.90. The quantitative estimate of drug-likeness (QED) is 0.417. The van der Waals surface area contributed by atoms with Crippen LogP contribution in [0.25, 0.3) is 0 Å². The second-order valence-electron chi connectivity index (χ2n) is 1.78. The summed E-state index contributed by atoms with van der Waals surface area (Å²) in [5.41, 5.74) is -1.00. The lowest BCUT2D eigenvalue weighted by molar-refractivity contribution is 0.147. The number of hydrogen-bond donors (Lipinski definition) is 1. The van der Waals surface area contributed by atoms with Gasteiger partial charge in [-0.25, -0.2) is 0 Å². The fraction of sp³-hybridized carbons (Fsp3) is 0.667. The van der Waals surface area contributed by atoms with Crippen LogP contribution in [0.3, 0.4) is 0 Å². The molecule has 0 saturated carbocycles. The van der Waals surface area contributed by atoms with Crippen LogP contribution in [-0.2, 0) is 0 Å². The minimum atomic E-state index is -1.00. The molecule has 0 aromatic rings. The van der Waals surface area contributed by atoms with E-state index in [1.54, 1.807) is 13.8 Å². The Morgan fingerprint density at radius 3 is 2.38 bits per heavy atom. The second kappa shape index (κ2) is 2.96. The Bertz CT molecular complexity index is 118. The van der Waals surface area contributed by atoms with Crippen molar-refractivity contribution in [2.75, 3.05) is 5.88 Å². The zero-order valence-electron chi connectivity index (χ0n) is 5.03. The van der Waals surface area contributed by atoms with Crippen LogP contribution in [0.4, 0.5) is 0 Å². The van der Waals surface area contributed by atoms with E-state index in [0.29, 0.717) is 0 Å². The Balaban J connectivity index is 3.85. The number of alkyl halides is 1. The molecule has 0 aromatic heterocycles. The summed E-state index contributed by atoms with van der Waals surface area (Å²) in [6.45, 7) is 3.25. The lowest BCUT2D eigenvalue weighted by Crippen LogP contribution is -2.23. The third-order valence-electron chi connectivity index (χ3n) is 0.654. The summed E-state index contributed by atoms with van der Waals surface area (Å²) in [6.07, 6.45) is 0. The number of hydrogen-bond acceptors (Lipinski definition) is 1. The molecule has 8 heavy (non-hydrogen) atoms. The first-order valence-electron chi connectivity index (χ1n) is 2.34. The van der Waals surface area contributed by atoms with E-state index in [0.717, 1.165) is 0 Å². The van der Waals surface area contributed by atoms with E-state index in [4.69, 9.17) is 16.7 Å². The van der Waals surface area contributed by atoms with Gasteiger partial charge in [-0.2, -0.15) is 0 Å². The topological polar surface area (TPSA) is 20.2 Å². The zero-order chi connectivity index (χ0) is 6.62. The van der Waals surface area contributed by atoms with Crippen molar-refractivity contribution in [1.29, 1.82) is 0 Å². The molecule has 0 aliphatic rings. The van der Waals surface area contributed by atoms with Crippen molar-refractivity contribution < 1.29 is 5.11 Å². The summed E-state index contributed by atoms with van der Waals surface area (Å²) in [5.74, 6) is 5.28. The fourth-order valence-electron chi connectivity index (χ4n) is 0.303. The minimum Gasteiger partial charge on any atom is -0.377 e. The van der Waals surface area contributed by atoms with Gasteiger partial charge in [-0.3, -0.25) is 0 Å². The van der Waals surface area contributed by atoms with Crippen LogP contribution < -0.4 is 0 Å². The maximum absolute atomic E-state index is 9.02. The molecule has 0 amide bonds. The van der Waals surface area contributed by atoms with Crippen LogP contribution in [0.5, 0.6) is 0 Å². The van der Waals surface area contributed by atoms with Crippen molar-refractivity contribution in [3.8, 4) is 11.8 Å². The van der Waals surface area contributed by atoms with Crippen LogP contribution in [-0.4, -0.2) is 16.6 Å². The molecule has 0 bridgehead atoms. The molecule has 0 spiro atoms. The molecule has 0 radical (unpaired) electrons. The van der Waals surface area contributed by atoms with Crippen LogP contribution in [0.1, 0.15) is 13.8 Å². The summed E-state index contributed by atoms with van der Waals surface area (Å²) < 4.78 is 0. The monoisotopic (exact) mass is 132 g/mol. The summed E-state index contributed by atoms with van der Waals surface area (Å²) >= 11 is 5.32. The van der Waals surface area contributed by atoms with Crippen LogP contribution >= 0.6 is 11.6 Å². The van der Waals surface area contributed by atoms with Crippen molar-refractivity contribution in [1.82, 2.24) is 0 Å². The zero-order valence-corrected chi connectivity index (χ0v) is 5.79. The molecule has 1 nitrogen and oxygen atoms in total. The first kappa shape index (κ1) is 7.81. The molecule has 0 unspecified atom stereocenters. The molecule has 0 fully saturated rings. The Hall–Kier alpha value is -0.190. The standard InChI is InChI=1S/C6H9ClO/c1-3-4-6(2,8)5-7/h8H,5H2,1-2H3/t6-/m0/s1. The maximum atomic E-state index is 9.02. The molecule has 1 N–H and O–H groups in total. The van der Waals surface area contributed by atoms with Crippen molar-refractivity contribution >= 4 is 11.6 Å². The Kier molecular flexibility index (Phi) is 2.89. The van der Waals surface area contributed by atoms with Crippen LogP contribution in [0, 0.1) is 11.8 Å². The Labute approximate surface area is 54.7 Å². The molecule has 0 saturated heterocycles. The average Bonchev–Trinajstić information content (AvgIpc) is 1.67. The Morgan fingerprint density at radius 1 is 1.75 bits per heavy atom. The third-order valence-corrected chi connectivity index (χ3v) is 1.17. The van der Waals surface area contributed by atoms with Gasteiger partial charge in [0.25, 0.3) is 0 Å². The second-order valence-corrected chi connectivity index (χ2v) is 2.05. The molecule has 0 aliphatic carbocycles. The molecule has 0 aliphatic heterocycles. The summed E-state index contributed by atoms with van der Waals surface area (Å²) in [6, 6.07) is 0. The SMILES string of the molecule is CC#C[C@](C)(O)CCl. The normalized spacial score (nSPS) is 16.0. The summed E-state index contributed by atoms with van der Waals surface area (Å²) in [5, 5.41) is 9.02. The van der Waals surface area contributed by atoms with E-state index in [1.807, 2.05) is 0 Å². The summed E-state index contributed by atoms with van der Waals surface area (Å²) in [7, 11) is 0. The molecule has 1 atom stereocenters. The van der Waals surface area contributed by atoms with E-state index >= 15 is 0 Å². The minimum absolute atomic E-state index is 0.161. The largest absolute Gasteiger partial charge is 0.377 e. The molecule has 46 valence electrons. The van der Waals surface area contributed by atoms with Crippen LogP contribution in [0.15, 0.2) is 0 Å². The Morgan fingerprint density at radius 2 is 2.25 bits per heavy atom. The van der Waals surface area contributed by atoms with Gasteiger partial charge < -0.3 is 5.11 Å². The van der Waals surface area contributed by atoms with Gasteiger partial charge in [0.05, 0.1) is 5.88 Å². The highest BCUT2D eigenvalue weighted by Gasteiger charge is 2.12. The first-order valence-corrected chi connectivity index (χ1v) is 2.88. The van der Waals surface area contributed by atoms with Gasteiger partial charge >= 0.3 is 0 Å². The maximum Gasteiger partial charge on any atom is 0.136 e. The highest BCUT2D eigenvalue weighted by Crippen LogP contribution is 2.01. The van der Waals surface area contributed by atoms with Crippen LogP contribution in [0.2, 0.25) is 0 Å². The molecule has 0 rings (SSSR count). The predicted molar refractivity (Wildman–Crippen MR) is 34.8 cm³/mol. The van der Waals surface area contributed by atoms with Crippen molar-refractivity contribution in [3.05, 3.63) is 0 Å². The van der Waals surface area contributed by atoms with Gasteiger partial charge in [0.15, 0.2) is 0 Å². The lowest BCUT2D eigenvalue weighted by Gasteiger charge is -2.09. The first-order chi connectivity index (χ1) is 3.62. The van der Waals surface area contributed by atoms with Gasteiger partial charge in [-0.1, -0.05) is 5.92 Å². The van der Waals surface area contributed by atoms with Gasteiger partial charge in [-0.05, 0) is 13.8 Å². The predicted octanol–water partition coefficient (Wildman–Crippen LogP) is 0.999. The number of aliphatic hydroxyl groups is 1. The van der Waals surface area contributed by atoms with E-state index in [9.17, 15) is 0 Å². The van der Waals surface area contributed by atoms with Crippen molar-refractivity contribution in [3.63, 3.8) is 0 Å². The van der Waals surface area contributed by atoms with Crippen molar-refractivity contribution in [2.24, 2.45) is 0 Å². The molecular weight excluding hydrogens is 124 g/mol. The van der Waals surface area contributed by atoms with E-state index in [1.165, 1.54) is 0 Å². The van der Waals surface area contributed by atoms with Gasteiger partial charge in [0, 0.05) is 0 Å². The highest BCUT2D eigenvalue weighted by atomic mass is 35.5. The van der Waals surface area contributed by atoms with E-state index in [2.05, 4.69) is 11.8 Å². The number of rotatable bonds is 1. The molecule has 0 heterocycles. The van der Waals surface area contributed by atoms with E-state index < -0.39 is 5.60 Å². The number of halogens is 1. The summed E-state index contributed by atoms with van der Waals surface area (Å²) in [4.78, 5) is 0. The molecule has 0 aromatic carbocycles. The van der Waals surface area contributed by atoms with Crippen molar-refractivity contribution in [2.45, 2.75) is 19.4 Å². The van der Waals surface area contributed by atoms with E-state index in [-0.39, 0.29) is 5.88 Å². The fourth-order valence-corrected chi connectivity index (χ4v) is 0.370.